The van der Waals surface area contributed by atoms with Crippen molar-refractivity contribution in [2.45, 2.75) is 44.1 Å². The standard InChI is InChI=1S/C21H25FN2O5/c1-28-15-2-3-16(17(22)7-15)19(26)29-11-18(25)23-20(27)24-21-8-12-4-13(9-21)6-14(5-12)10-21/h2-3,7,12-14H,4-6,8-11H2,1H3,(H2,23,24,25,27). The van der Waals surface area contributed by atoms with Gasteiger partial charge >= 0.3 is 12.0 Å². The van der Waals surface area contributed by atoms with E-state index < -0.39 is 30.3 Å². The first-order chi connectivity index (χ1) is 13.9. The van der Waals surface area contributed by atoms with Gasteiger partial charge in [0.05, 0.1) is 12.7 Å². The summed E-state index contributed by atoms with van der Waals surface area (Å²) in [6.07, 6.45) is 6.64. The van der Waals surface area contributed by atoms with Crippen LogP contribution in [0.4, 0.5) is 9.18 Å². The molecular weight excluding hydrogens is 379 g/mol. The fourth-order valence-corrected chi connectivity index (χ4v) is 5.70. The molecule has 4 fully saturated rings. The minimum atomic E-state index is -0.984. The van der Waals surface area contributed by atoms with E-state index in [1.165, 1.54) is 38.5 Å². The summed E-state index contributed by atoms with van der Waals surface area (Å²) >= 11 is 0. The third-order valence-electron chi connectivity index (χ3n) is 6.40. The van der Waals surface area contributed by atoms with Crippen molar-refractivity contribution in [1.29, 1.82) is 0 Å². The van der Waals surface area contributed by atoms with E-state index in [0.29, 0.717) is 17.8 Å². The molecule has 156 valence electrons. The van der Waals surface area contributed by atoms with Gasteiger partial charge in [-0.3, -0.25) is 10.1 Å². The van der Waals surface area contributed by atoms with Gasteiger partial charge in [-0.1, -0.05) is 0 Å². The summed E-state index contributed by atoms with van der Waals surface area (Å²) in [4.78, 5) is 36.3. The Kier molecular flexibility index (Phi) is 5.19. The minimum Gasteiger partial charge on any atom is -0.497 e. The second kappa shape index (κ2) is 7.65. The van der Waals surface area contributed by atoms with E-state index in [-0.39, 0.29) is 16.9 Å². The average molecular weight is 404 g/mol. The third kappa shape index (κ3) is 4.21. The molecule has 4 aliphatic carbocycles. The zero-order valence-corrected chi connectivity index (χ0v) is 16.3. The summed E-state index contributed by atoms with van der Waals surface area (Å²) in [5, 5.41) is 5.23. The Hall–Kier alpha value is -2.64. The maximum absolute atomic E-state index is 13.9. The van der Waals surface area contributed by atoms with Gasteiger partial charge in [0.2, 0.25) is 0 Å². The molecule has 0 spiro atoms. The molecule has 0 unspecified atom stereocenters. The smallest absolute Gasteiger partial charge is 0.341 e. The van der Waals surface area contributed by atoms with Crippen molar-refractivity contribution in [2.75, 3.05) is 13.7 Å². The molecular formula is C21H25FN2O5. The van der Waals surface area contributed by atoms with Crippen molar-refractivity contribution in [3.05, 3.63) is 29.6 Å². The number of nitrogens with one attached hydrogen (secondary N) is 2. The van der Waals surface area contributed by atoms with Gasteiger partial charge in [-0.15, -0.1) is 0 Å². The maximum atomic E-state index is 13.9. The summed E-state index contributed by atoms with van der Waals surface area (Å²) in [5.41, 5.74) is -0.529. The number of benzene rings is 1. The van der Waals surface area contributed by atoms with Crippen LogP contribution in [0.15, 0.2) is 18.2 Å². The fourth-order valence-electron chi connectivity index (χ4n) is 5.70. The second-order valence-electron chi connectivity index (χ2n) is 8.62. The van der Waals surface area contributed by atoms with Crippen LogP contribution in [0.3, 0.4) is 0 Å². The number of hydrogen-bond acceptors (Lipinski definition) is 5. The van der Waals surface area contributed by atoms with Crippen LogP contribution in [0.25, 0.3) is 0 Å². The summed E-state index contributed by atoms with van der Waals surface area (Å²) < 4.78 is 23.6. The predicted octanol–water partition coefficient (Wildman–Crippen LogP) is 2.79. The van der Waals surface area contributed by atoms with Gasteiger partial charge in [0, 0.05) is 11.6 Å². The number of urea groups is 1. The van der Waals surface area contributed by atoms with Gasteiger partial charge in [-0.05, 0) is 68.4 Å². The number of imide groups is 1. The van der Waals surface area contributed by atoms with Crippen LogP contribution in [0.2, 0.25) is 0 Å². The summed E-state index contributed by atoms with van der Waals surface area (Å²) in [5.74, 6) is -0.295. The van der Waals surface area contributed by atoms with Crippen LogP contribution in [0, 0.1) is 23.6 Å². The monoisotopic (exact) mass is 404 g/mol. The fraction of sp³-hybridized carbons (Fsp3) is 0.571. The van der Waals surface area contributed by atoms with Crippen LogP contribution >= 0.6 is 0 Å². The highest BCUT2D eigenvalue weighted by Gasteiger charge is 2.51. The molecule has 4 saturated carbocycles. The molecule has 0 atom stereocenters. The molecule has 3 amide bonds. The molecule has 1 aromatic rings. The van der Waals surface area contributed by atoms with E-state index >= 15 is 0 Å². The van der Waals surface area contributed by atoms with Crippen LogP contribution in [-0.2, 0) is 9.53 Å². The maximum Gasteiger partial charge on any atom is 0.341 e. The number of hydrogen-bond donors (Lipinski definition) is 2. The van der Waals surface area contributed by atoms with E-state index in [1.54, 1.807) is 0 Å². The number of carbonyl (C=O) groups excluding carboxylic acids is 3. The van der Waals surface area contributed by atoms with E-state index in [1.807, 2.05) is 0 Å². The SMILES string of the molecule is COc1ccc(C(=O)OCC(=O)NC(=O)NC23CC4CC(CC(C4)C2)C3)c(F)c1. The van der Waals surface area contributed by atoms with E-state index in [0.717, 1.165) is 25.3 Å². The van der Waals surface area contributed by atoms with E-state index in [2.05, 4.69) is 10.6 Å². The van der Waals surface area contributed by atoms with Crippen molar-refractivity contribution in [2.24, 2.45) is 17.8 Å². The van der Waals surface area contributed by atoms with E-state index in [4.69, 9.17) is 9.47 Å². The van der Waals surface area contributed by atoms with Gasteiger partial charge in [-0.25, -0.2) is 14.0 Å². The molecule has 0 aromatic heterocycles. The summed E-state index contributed by atoms with van der Waals surface area (Å²) in [6, 6.07) is 3.12. The zero-order chi connectivity index (χ0) is 20.6. The lowest BCUT2D eigenvalue weighted by Crippen LogP contribution is -2.62. The molecule has 0 aliphatic heterocycles. The van der Waals surface area contributed by atoms with Gasteiger partial charge in [0.25, 0.3) is 5.91 Å². The molecule has 4 bridgehead atoms. The number of methoxy groups -OCH3 is 1. The number of halogens is 1. The molecule has 29 heavy (non-hydrogen) atoms. The molecule has 7 nitrogen and oxygen atoms in total. The summed E-state index contributed by atoms with van der Waals surface area (Å²) in [6.45, 7) is -0.668. The number of amides is 3. The first-order valence-corrected chi connectivity index (χ1v) is 9.98. The Labute approximate surface area is 168 Å². The predicted molar refractivity (Wildman–Crippen MR) is 101 cm³/mol. The lowest BCUT2D eigenvalue weighted by molar-refractivity contribution is -0.123. The quantitative estimate of drug-likeness (QED) is 0.736. The molecule has 4 aliphatic rings. The number of carbonyl (C=O) groups is 3. The van der Waals surface area contributed by atoms with Crippen LogP contribution in [0.1, 0.15) is 48.9 Å². The molecule has 2 N–H and O–H groups in total. The van der Waals surface area contributed by atoms with Gasteiger partial charge in [-0.2, -0.15) is 0 Å². The number of ether oxygens (including phenoxy) is 2. The Bertz CT molecular complexity index is 805. The largest absolute Gasteiger partial charge is 0.497 e. The number of rotatable bonds is 5. The zero-order valence-electron chi connectivity index (χ0n) is 16.3. The Morgan fingerprint density at radius 3 is 2.28 bits per heavy atom. The summed E-state index contributed by atoms with van der Waals surface area (Å²) in [7, 11) is 1.38. The van der Waals surface area contributed by atoms with Gasteiger partial charge in [0.1, 0.15) is 11.6 Å². The van der Waals surface area contributed by atoms with Crippen LogP contribution < -0.4 is 15.4 Å². The molecule has 5 rings (SSSR count). The van der Waals surface area contributed by atoms with Gasteiger partial charge in [0.15, 0.2) is 6.61 Å². The lowest BCUT2D eigenvalue weighted by Gasteiger charge is -2.56. The van der Waals surface area contributed by atoms with Crippen LogP contribution in [-0.4, -0.2) is 37.2 Å². The van der Waals surface area contributed by atoms with E-state index in [9.17, 15) is 18.8 Å². The Morgan fingerprint density at radius 2 is 1.72 bits per heavy atom. The molecule has 1 aromatic carbocycles. The second-order valence-corrected chi connectivity index (χ2v) is 8.62. The lowest BCUT2D eigenvalue weighted by atomic mass is 9.53. The minimum absolute atomic E-state index is 0.220. The normalized spacial score (nSPS) is 29.2. The molecule has 8 heteroatoms. The first-order valence-electron chi connectivity index (χ1n) is 9.98. The number of esters is 1. The topological polar surface area (TPSA) is 93.7 Å². The van der Waals surface area contributed by atoms with Crippen molar-refractivity contribution < 1.29 is 28.2 Å². The Balaban J connectivity index is 1.26. The van der Waals surface area contributed by atoms with Crippen LogP contribution in [0.5, 0.6) is 5.75 Å². The van der Waals surface area contributed by atoms with Gasteiger partial charge < -0.3 is 14.8 Å². The van der Waals surface area contributed by atoms with Crippen molar-refractivity contribution in [1.82, 2.24) is 10.6 Å². The Morgan fingerprint density at radius 1 is 1.10 bits per heavy atom. The molecule has 0 heterocycles. The highest BCUT2D eigenvalue weighted by Crippen LogP contribution is 2.55. The van der Waals surface area contributed by atoms with Crippen molar-refractivity contribution in [3.63, 3.8) is 0 Å². The highest BCUT2D eigenvalue weighted by molar-refractivity contribution is 5.97. The van der Waals surface area contributed by atoms with Crippen molar-refractivity contribution >= 4 is 17.9 Å². The average Bonchev–Trinajstić information content (AvgIpc) is 2.64. The third-order valence-corrected chi connectivity index (χ3v) is 6.40. The molecule has 0 radical (unpaired) electrons. The molecule has 0 saturated heterocycles. The first kappa shape index (κ1) is 19.7. The van der Waals surface area contributed by atoms with Crippen molar-refractivity contribution in [3.8, 4) is 5.75 Å². The highest BCUT2D eigenvalue weighted by atomic mass is 19.1.